The molecule has 3 heteroatoms. The molecule has 3 nitrogen and oxygen atoms in total. The van der Waals surface area contributed by atoms with Gasteiger partial charge in [-0.3, -0.25) is 0 Å². The van der Waals surface area contributed by atoms with Gasteiger partial charge in [0.1, 0.15) is 0 Å². The minimum Gasteiger partial charge on any atom is -0.196 e. The van der Waals surface area contributed by atoms with E-state index in [0.717, 1.165) is 45.1 Å². The summed E-state index contributed by atoms with van der Waals surface area (Å²) in [6.45, 7) is 2.91. The van der Waals surface area contributed by atoms with Crippen LogP contribution >= 0.6 is 0 Å². The summed E-state index contributed by atoms with van der Waals surface area (Å²) in [6, 6.07) is 2.33. The lowest BCUT2D eigenvalue weighted by Gasteiger charge is -2.24. The van der Waals surface area contributed by atoms with Crippen LogP contribution in [0.5, 0.6) is 0 Å². The van der Waals surface area contributed by atoms with Crippen molar-refractivity contribution in [3.05, 3.63) is 0 Å². The second-order valence-corrected chi connectivity index (χ2v) is 4.02. The van der Waals surface area contributed by atoms with E-state index in [-0.39, 0.29) is 0 Å². The Balaban J connectivity index is 2.44. The van der Waals surface area contributed by atoms with Crippen molar-refractivity contribution in [2.24, 2.45) is 10.2 Å². The fourth-order valence-electron chi connectivity index (χ4n) is 1.79. The van der Waals surface area contributed by atoms with Gasteiger partial charge in [-0.05, 0) is 32.1 Å². The Bertz CT molecular complexity index is 221. The van der Waals surface area contributed by atoms with Crippen molar-refractivity contribution < 1.29 is 0 Å². The first-order chi connectivity index (χ1) is 6.83. The summed E-state index contributed by atoms with van der Waals surface area (Å²) in [7, 11) is 0. The molecule has 1 aliphatic rings. The summed E-state index contributed by atoms with van der Waals surface area (Å²) >= 11 is 0. The summed E-state index contributed by atoms with van der Waals surface area (Å²) in [5.41, 5.74) is -0.466. The lowest BCUT2D eigenvalue weighted by atomic mass is 9.84. The third-order valence-corrected chi connectivity index (χ3v) is 2.76. The molecule has 0 unspecified atom stereocenters. The van der Waals surface area contributed by atoms with E-state index in [1.165, 1.54) is 6.42 Å². The number of rotatable bonds is 4. The highest BCUT2D eigenvalue weighted by atomic mass is 15.1. The molecule has 1 aliphatic carbocycles. The van der Waals surface area contributed by atoms with E-state index in [1.54, 1.807) is 0 Å². The van der Waals surface area contributed by atoms with Gasteiger partial charge in [-0.15, -0.1) is 0 Å². The average Bonchev–Trinajstić information content (AvgIpc) is 2.26. The maximum Gasteiger partial charge on any atom is 0.167 e. The molecular weight excluding hydrogens is 174 g/mol. The molecule has 0 saturated heterocycles. The molecule has 1 rings (SSSR count). The molecule has 0 radical (unpaired) electrons. The summed E-state index contributed by atoms with van der Waals surface area (Å²) in [6.07, 6.45) is 7.51. The van der Waals surface area contributed by atoms with E-state index in [0.29, 0.717) is 0 Å². The lowest BCUT2D eigenvalue weighted by molar-refractivity contribution is 0.354. The van der Waals surface area contributed by atoms with Crippen LogP contribution in [0.4, 0.5) is 0 Å². The fourth-order valence-corrected chi connectivity index (χ4v) is 1.79. The summed E-state index contributed by atoms with van der Waals surface area (Å²) in [5, 5.41) is 17.5. The van der Waals surface area contributed by atoms with Crippen molar-refractivity contribution in [1.82, 2.24) is 0 Å². The summed E-state index contributed by atoms with van der Waals surface area (Å²) in [5.74, 6) is 0. The predicted molar refractivity (Wildman–Crippen MR) is 56.1 cm³/mol. The van der Waals surface area contributed by atoms with E-state index in [1.807, 2.05) is 0 Å². The average molecular weight is 193 g/mol. The van der Waals surface area contributed by atoms with Crippen LogP contribution < -0.4 is 0 Å². The number of hydrogen-bond acceptors (Lipinski definition) is 3. The smallest absolute Gasteiger partial charge is 0.167 e. The molecule has 1 saturated carbocycles. The van der Waals surface area contributed by atoms with Crippen LogP contribution in [0.15, 0.2) is 10.2 Å². The molecule has 0 N–H and O–H groups in total. The zero-order valence-corrected chi connectivity index (χ0v) is 9.00. The van der Waals surface area contributed by atoms with Crippen LogP contribution in [0.1, 0.15) is 51.9 Å². The van der Waals surface area contributed by atoms with Gasteiger partial charge in [0.25, 0.3) is 0 Å². The minimum absolute atomic E-state index is 0.466. The van der Waals surface area contributed by atoms with Gasteiger partial charge in [-0.2, -0.15) is 15.5 Å². The van der Waals surface area contributed by atoms with Gasteiger partial charge in [0.15, 0.2) is 5.54 Å². The molecule has 0 aromatic carbocycles. The summed E-state index contributed by atoms with van der Waals surface area (Å²) in [4.78, 5) is 0. The molecule has 1 fully saturated rings. The topological polar surface area (TPSA) is 48.5 Å². The summed E-state index contributed by atoms with van der Waals surface area (Å²) < 4.78 is 0. The van der Waals surface area contributed by atoms with E-state index in [9.17, 15) is 0 Å². The molecule has 0 aliphatic heterocycles. The zero-order chi connectivity index (χ0) is 10.3. The van der Waals surface area contributed by atoms with E-state index in [4.69, 9.17) is 5.26 Å². The van der Waals surface area contributed by atoms with Gasteiger partial charge >= 0.3 is 0 Å². The predicted octanol–water partition coefficient (Wildman–Crippen LogP) is 3.47. The number of nitriles is 1. The van der Waals surface area contributed by atoms with Gasteiger partial charge < -0.3 is 0 Å². The van der Waals surface area contributed by atoms with E-state index < -0.39 is 5.54 Å². The van der Waals surface area contributed by atoms with Crippen LogP contribution in [0.25, 0.3) is 0 Å². The largest absolute Gasteiger partial charge is 0.196 e. The molecule has 0 aromatic rings. The molecule has 78 valence electrons. The molecule has 0 bridgehead atoms. The van der Waals surface area contributed by atoms with Crippen molar-refractivity contribution in [2.75, 3.05) is 6.54 Å². The maximum atomic E-state index is 9.09. The Hall–Kier alpha value is -0.910. The Morgan fingerprint density at radius 3 is 2.57 bits per heavy atom. The van der Waals surface area contributed by atoms with Crippen molar-refractivity contribution in [3.8, 4) is 6.07 Å². The van der Waals surface area contributed by atoms with Crippen molar-refractivity contribution in [1.29, 1.82) is 5.26 Å². The molecule has 0 aromatic heterocycles. The number of unbranched alkanes of at least 4 members (excludes halogenated alkanes) is 1. The van der Waals surface area contributed by atoms with Crippen LogP contribution in [0, 0.1) is 11.3 Å². The number of azo groups is 1. The van der Waals surface area contributed by atoms with Gasteiger partial charge in [0.05, 0.1) is 12.6 Å². The highest BCUT2D eigenvalue weighted by Gasteiger charge is 2.31. The van der Waals surface area contributed by atoms with Crippen molar-refractivity contribution in [3.63, 3.8) is 0 Å². The SMILES string of the molecule is CCCCN=NC1(C#N)CCCCC1. The second kappa shape index (κ2) is 5.74. The van der Waals surface area contributed by atoms with Crippen molar-refractivity contribution in [2.45, 2.75) is 57.4 Å². The quantitative estimate of drug-likeness (QED) is 0.498. The Kier molecular flexibility index (Phi) is 4.58. The molecule has 0 amide bonds. The molecule has 0 heterocycles. The first-order valence-electron chi connectivity index (χ1n) is 5.63. The van der Waals surface area contributed by atoms with Gasteiger partial charge in [0.2, 0.25) is 0 Å². The van der Waals surface area contributed by atoms with Gasteiger partial charge in [-0.1, -0.05) is 19.8 Å². The maximum absolute atomic E-state index is 9.09. The Morgan fingerprint density at radius 1 is 1.29 bits per heavy atom. The Morgan fingerprint density at radius 2 is 2.00 bits per heavy atom. The first kappa shape index (κ1) is 11.2. The number of hydrogen-bond donors (Lipinski definition) is 0. The second-order valence-electron chi connectivity index (χ2n) is 4.02. The molecule has 14 heavy (non-hydrogen) atoms. The Labute approximate surface area is 86.2 Å². The molecular formula is C11H19N3. The molecule has 0 atom stereocenters. The third kappa shape index (κ3) is 3.10. The highest BCUT2D eigenvalue weighted by Crippen LogP contribution is 2.31. The van der Waals surface area contributed by atoms with Gasteiger partial charge in [-0.25, -0.2) is 0 Å². The molecule has 0 spiro atoms. The lowest BCUT2D eigenvalue weighted by Crippen LogP contribution is -2.26. The normalized spacial score (nSPS) is 20.9. The fraction of sp³-hybridized carbons (Fsp3) is 0.909. The highest BCUT2D eigenvalue weighted by molar-refractivity contribution is 5.07. The minimum atomic E-state index is -0.466. The van der Waals surface area contributed by atoms with Crippen molar-refractivity contribution >= 4 is 0 Å². The van der Waals surface area contributed by atoms with Crippen LogP contribution in [-0.4, -0.2) is 12.1 Å². The van der Waals surface area contributed by atoms with Gasteiger partial charge in [0, 0.05) is 0 Å². The zero-order valence-electron chi connectivity index (χ0n) is 9.00. The van der Waals surface area contributed by atoms with Crippen LogP contribution in [0.2, 0.25) is 0 Å². The monoisotopic (exact) mass is 193 g/mol. The van der Waals surface area contributed by atoms with E-state index >= 15 is 0 Å². The number of nitrogens with zero attached hydrogens (tertiary/aromatic N) is 3. The van der Waals surface area contributed by atoms with E-state index in [2.05, 4.69) is 23.2 Å². The standard InChI is InChI=1S/C11H19N3/c1-2-3-9-13-14-11(10-12)7-5-4-6-8-11/h2-9H2,1H3. The first-order valence-corrected chi connectivity index (χ1v) is 5.63. The third-order valence-electron chi connectivity index (χ3n) is 2.76. The van der Waals surface area contributed by atoms with Crippen LogP contribution in [0.3, 0.4) is 0 Å². The van der Waals surface area contributed by atoms with Crippen LogP contribution in [-0.2, 0) is 0 Å².